The molecule has 0 bridgehead atoms. The third-order valence-corrected chi connectivity index (χ3v) is 4.23. The van der Waals surface area contributed by atoms with Crippen molar-refractivity contribution in [1.29, 1.82) is 0 Å². The number of hydrogen-bond donors (Lipinski definition) is 3. The summed E-state index contributed by atoms with van der Waals surface area (Å²) in [6.07, 6.45) is -0.700. The number of alkyl halides is 2. The summed E-state index contributed by atoms with van der Waals surface area (Å²) in [6, 6.07) is 7.99. The van der Waals surface area contributed by atoms with Crippen molar-refractivity contribution in [3.63, 3.8) is 0 Å². The number of carbonyl (C=O) groups excluding carboxylic acids is 1. The van der Waals surface area contributed by atoms with Gasteiger partial charge in [0.25, 0.3) is 5.56 Å². The third kappa shape index (κ3) is 5.17. The minimum absolute atomic E-state index is 0.0459. The number of carbonyl (C=O) groups is 2. The Morgan fingerprint density at radius 3 is 2.33 bits per heavy atom. The van der Waals surface area contributed by atoms with E-state index in [1.54, 1.807) is 20.8 Å². The number of nitrogens with one attached hydrogen (secondary N) is 1. The molecule has 0 radical (unpaired) electrons. The van der Waals surface area contributed by atoms with E-state index in [2.05, 4.69) is 15.0 Å². The molecule has 10 nitrogen and oxygen atoms in total. The fraction of sp³-hybridized carbons (Fsp3) is 0.238. The fourth-order valence-electron chi connectivity index (χ4n) is 2.99. The zero-order valence-corrected chi connectivity index (χ0v) is 17.8. The number of halogens is 2. The molecule has 33 heavy (non-hydrogen) atoms. The van der Waals surface area contributed by atoms with E-state index in [0.717, 1.165) is 10.6 Å². The van der Waals surface area contributed by atoms with Crippen molar-refractivity contribution in [2.45, 2.75) is 33.0 Å². The molecule has 3 rings (SSSR count). The zero-order valence-electron chi connectivity index (χ0n) is 17.8. The van der Waals surface area contributed by atoms with Crippen molar-refractivity contribution in [3.05, 3.63) is 52.3 Å². The number of anilines is 2. The number of hydrogen-bond acceptors (Lipinski definition) is 7. The molecular weight excluding hydrogens is 442 g/mol. The highest BCUT2D eigenvalue weighted by molar-refractivity contribution is 6.03. The first-order valence-corrected chi connectivity index (χ1v) is 9.51. The Kier molecular flexibility index (Phi) is 6.20. The van der Waals surface area contributed by atoms with Gasteiger partial charge >= 0.3 is 18.7 Å². The molecule has 3 aromatic rings. The van der Waals surface area contributed by atoms with Crippen molar-refractivity contribution < 1.29 is 33.0 Å². The van der Waals surface area contributed by atoms with E-state index in [4.69, 9.17) is 10.5 Å². The van der Waals surface area contributed by atoms with Crippen LogP contribution in [0.2, 0.25) is 0 Å². The van der Waals surface area contributed by atoms with Gasteiger partial charge in [-0.2, -0.15) is 13.8 Å². The first kappa shape index (κ1) is 23.4. The van der Waals surface area contributed by atoms with Crippen LogP contribution in [0.1, 0.15) is 31.1 Å². The topological polar surface area (TPSA) is 146 Å². The lowest BCUT2D eigenvalue weighted by atomic mass is 10.1. The number of aromatic carboxylic acids is 1. The van der Waals surface area contributed by atoms with Crippen molar-refractivity contribution in [2.75, 3.05) is 11.1 Å². The van der Waals surface area contributed by atoms with E-state index < -0.39 is 41.3 Å². The minimum Gasteiger partial charge on any atom is -0.477 e. The molecule has 0 aliphatic carbocycles. The number of amides is 1. The average molecular weight is 462 g/mol. The van der Waals surface area contributed by atoms with Crippen LogP contribution in [0.15, 0.2) is 41.2 Å². The van der Waals surface area contributed by atoms with Crippen LogP contribution in [-0.2, 0) is 4.74 Å². The van der Waals surface area contributed by atoms with E-state index in [1.165, 1.54) is 30.3 Å². The normalized spacial score (nSPS) is 11.5. The second kappa shape index (κ2) is 8.73. The Hall–Kier alpha value is -4.22. The molecule has 0 fully saturated rings. The molecule has 2 heterocycles. The Balaban J connectivity index is 2.13. The number of nitrogen functional groups attached to an aromatic ring is 1. The summed E-state index contributed by atoms with van der Waals surface area (Å²) < 4.78 is 35.7. The predicted molar refractivity (Wildman–Crippen MR) is 115 cm³/mol. The van der Waals surface area contributed by atoms with Crippen molar-refractivity contribution in [1.82, 2.24) is 9.55 Å². The Morgan fingerprint density at radius 2 is 1.79 bits per heavy atom. The predicted octanol–water partition coefficient (Wildman–Crippen LogP) is 3.61. The van der Waals surface area contributed by atoms with Crippen LogP contribution in [-0.4, -0.2) is 38.9 Å². The number of carboxylic acid groups (broad SMARTS) is 1. The van der Waals surface area contributed by atoms with E-state index in [9.17, 15) is 28.3 Å². The molecule has 0 saturated heterocycles. The number of rotatable bonds is 5. The molecule has 1 amide bonds. The van der Waals surface area contributed by atoms with Gasteiger partial charge in [-0.25, -0.2) is 9.59 Å². The Morgan fingerprint density at radius 1 is 1.15 bits per heavy atom. The van der Waals surface area contributed by atoms with Gasteiger partial charge in [0.15, 0.2) is 5.65 Å². The zero-order chi connectivity index (χ0) is 24.5. The van der Waals surface area contributed by atoms with Gasteiger partial charge in [0.2, 0.25) is 5.88 Å². The van der Waals surface area contributed by atoms with Gasteiger partial charge in [-0.05, 0) is 51.1 Å². The molecule has 0 saturated carbocycles. The van der Waals surface area contributed by atoms with Crippen LogP contribution >= 0.6 is 0 Å². The lowest BCUT2D eigenvalue weighted by molar-refractivity contribution is -0.0526. The number of carboxylic acids is 1. The molecular formula is C21H20F2N4O6. The maximum Gasteiger partial charge on any atom is 0.412 e. The van der Waals surface area contributed by atoms with Gasteiger partial charge in [0.05, 0.1) is 11.4 Å². The summed E-state index contributed by atoms with van der Waals surface area (Å²) in [6.45, 7) is 1.94. The molecule has 1 aromatic carbocycles. The monoisotopic (exact) mass is 462 g/mol. The SMILES string of the molecule is CC(C)(C)OC(=O)Nc1ccc(-n2c(=O)c(C(=O)O)c(N)c3ccc(OC(F)F)nc32)cc1. The number of ether oxygens (including phenoxy) is 2. The van der Waals surface area contributed by atoms with Gasteiger partial charge in [-0.15, -0.1) is 0 Å². The summed E-state index contributed by atoms with van der Waals surface area (Å²) in [5, 5.41) is 12.1. The summed E-state index contributed by atoms with van der Waals surface area (Å²) >= 11 is 0. The molecule has 4 N–H and O–H groups in total. The standard InChI is InChI=1S/C21H20F2N4O6/c1-21(2,3)33-20(31)25-10-4-6-11(7-5-10)27-16-12(8-9-13(26-16)32-19(22)23)15(24)14(17(27)28)18(29)30/h4-9,19H,24H2,1-3H3,(H,25,31)(H,29,30). The maximum atomic E-state index is 13.0. The van der Waals surface area contributed by atoms with Gasteiger partial charge in [-0.1, -0.05) is 0 Å². The van der Waals surface area contributed by atoms with Crippen molar-refractivity contribution in [2.24, 2.45) is 0 Å². The summed E-state index contributed by atoms with van der Waals surface area (Å²) in [7, 11) is 0. The Labute approximate surface area is 185 Å². The van der Waals surface area contributed by atoms with Gasteiger partial charge in [-0.3, -0.25) is 14.7 Å². The third-order valence-electron chi connectivity index (χ3n) is 4.23. The van der Waals surface area contributed by atoms with Crippen LogP contribution in [0.25, 0.3) is 16.7 Å². The largest absolute Gasteiger partial charge is 0.477 e. The van der Waals surface area contributed by atoms with Gasteiger partial charge in [0, 0.05) is 17.1 Å². The van der Waals surface area contributed by atoms with E-state index in [0.29, 0.717) is 5.69 Å². The lowest BCUT2D eigenvalue weighted by Crippen LogP contribution is -2.28. The Bertz CT molecular complexity index is 1280. The molecule has 0 unspecified atom stereocenters. The van der Waals surface area contributed by atoms with Crippen molar-refractivity contribution >= 4 is 34.5 Å². The second-order valence-electron chi connectivity index (χ2n) is 7.81. The van der Waals surface area contributed by atoms with Crippen LogP contribution in [0.3, 0.4) is 0 Å². The highest BCUT2D eigenvalue weighted by atomic mass is 19.3. The molecule has 0 aliphatic heterocycles. The number of aromatic nitrogens is 2. The highest BCUT2D eigenvalue weighted by Gasteiger charge is 2.23. The summed E-state index contributed by atoms with van der Waals surface area (Å²) in [5.74, 6) is -2.05. The van der Waals surface area contributed by atoms with Crippen LogP contribution in [0.5, 0.6) is 5.88 Å². The molecule has 0 atom stereocenters. The van der Waals surface area contributed by atoms with Crippen molar-refractivity contribution in [3.8, 4) is 11.6 Å². The first-order valence-electron chi connectivity index (χ1n) is 9.51. The molecule has 174 valence electrons. The number of nitrogens with two attached hydrogens (primary N) is 1. The quantitative estimate of drug-likeness (QED) is 0.521. The number of nitrogens with zero attached hydrogens (tertiary/aromatic N) is 2. The first-order chi connectivity index (χ1) is 15.4. The number of benzene rings is 1. The molecule has 0 aliphatic rings. The minimum atomic E-state index is -3.16. The van der Waals surface area contributed by atoms with Crippen LogP contribution < -0.4 is 21.3 Å². The lowest BCUT2D eigenvalue weighted by Gasteiger charge is -2.19. The average Bonchev–Trinajstić information content (AvgIpc) is 2.67. The number of pyridine rings is 2. The molecule has 12 heteroatoms. The van der Waals surface area contributed by atoms with E-state index >= 15 is 0 Å². The smallest absolute Gasteiger partial charge is 0.412 e. The second-order valence-corrected chi connectivity index (χ2v) is 7.81. The molecule has 0 spiro atoms. The van der Waals surface area contributed by atoms with E-state index in [1.807, 2.05) is 0 Å². The van der Waals surface area contributed by atoms with Gasteiger partial charge < -0.3 is 20.3 Å². The fourth-order valence-corrected chi connectivity index (χ4v) is 2.99. The summed E-state index contributed by atoms with van der Waals surface area (Å²) in [5.41, 5.74) is 3.34. The van der Waals surface area contributed by atoms with Crippen LogP contribution in [0, 0.1) is 0 Å². The highest BCUT2D eigenvalue weighted by Crippen LogP contribution is 2.27. The van der Waals surface area contributed by atoms with E-state index in [-0.39, 0.29) is 22.4 Å². The maximum absolute atomic E-state index is 13.0. The summed E-state index contributed by atoms with van der Waals surface area (Å²) in [4.78, 5) is 40.5. The van der Waals surface area contributed by atoms with Gasteiger partial charge in [0.1, 0.15) is 11.2 Å². The van der Waals surface area contributed by atoms with Crippen LogP contribution in [0.4, 0.5) is 25.0 Å². The molecule has 2 aromatic heterocycles. The number of fused-ring (bicyclic) bond motifs is 1.